The highest BCUT2D eigenvalue weighted by atomic mass is 35.5. The highest BCUT2D eigenvalue weighted by Gasteiger charge is 2.09. The van der Waals surface area contributed by atoms with E-state index in [1.807, 2.05) is 0 Å². The zero-order chi connectivity index (χ0) is 12.7. The van der Waals surface area contributed by atoms with Gasteiger partial charge >= 0.3 is 5.97 Å². The molecule has 1 aromatic carbocycles. The highest BCUT2D eigenvalue weighted by Crippen LogP contribution is 2.20. The number of benzene rings is 1. The second-order valence-corrected chi connectivity index (χ2v) is 3.69. The average Bonchev–Trinajstić information content (AvgIpc) is 2.30. The molecule has 0 aromatic heterocycles. The monoisotopic (exact) mass is 259 g/mol. The van der Waals surface area contributed by atoms with Crippen LogP contribution in [0.3, 0.4) is 0 Å². The van der Waals surface area contributed by atoms with Gasteiger partial charge in [-0.2, -0.15) is 0 Å². The summed E-state index contributed by atoms with van der Waals surface area (Å²) in [6.45, 7) is 1.10. The van der Waals surface area contributed by atoms with Crippen molar-refractivity contribution in [2.24, 2.45) is 0 Å². The Balaban J connectivity index is 2.55. The maximum absolute atomic E-state index is 10.9. The Morgan fingerprint density at radius 1 is 1.41 bits per heavy atom. The van der Waals surface area contributed by atoms with Crippen molar-refractivity contribution in [3.05, 3.63) is 28.8 Å². The Morgan fingerprint density at radius 3 is 2.82 bits per heavy atom. The van der Waals surface area contributed by atoms with Crippen LogP contribution in [0.2, 0.25) is 5.02 Å². The molecule has 0 unspecified atom stereocenters. The Bertz CT molecular complexity index is 384. The fourth-order valence-electron chi connectivity index (χ4n) is 1.27. The van der Waals surface area contributed by atoms with Gasteiger partial charge in [-0.05, 0) is 18.2 Å². The fourth-order valence-corrected chi connectivity index (χ4v) is 1.44. The highest BCUT2D eigenvalue weighted by molar-refractivity contribution is 6.31. The summed E-state index contributed by atoms with van der Waals surface area (Å²) >= 11 is 5.72. The molecule has 0 amide bonds. The van der Waals surface area contributed by atoms with Crippen molar-refractivity contribution in [3.8, 4) is 0 Å². The summed E-state index contributed by atoms with van der Waals surface area (Å²) in [4.78, 5) is 10.9. The molecule has 0 aliphatic heterocycles. The molecule has 0 heterocycles. The van der Waals surface area contributed by atoms with Crippen LogP contribution in [-0.4, -0.2) is 42.5 Å². The predicted octanol–water partition coefficient (Wildman–Crippen LogP) is 1.46. The van der Waals surface area contributed by atoms with Crippen LogP contribution in [-0.2, 0) is 4.74 Å². The number of carboxylic acid groups (broad SMARTS) is 1. The van der Waals surface area contributed by atoms with Crippen molar-refractivity contribution in [3.63, 3.8) is 0 Å². The number of aliphatic hydroxyl groups is 1. The number of halogens is 1. The predicted molar refractivity (Wildman–Crippen MR) is 64.8 cm³/mol. The van der Waals surface area contributed by atoms with E-state index in [1.54, 1.807) is 12.1 Å². The van der Waals surface area contributed by atoms with Gasteiger partial charge in [-0.25, -0.2) is 4.79 Å². The molecule has 0 saturated heterocycles. The van der Waals surface area contributed by atoms with E-state index in [1.165, 1.54) is 6.07 Å². The lowest BCUT2D eigenvalue weighted by atomic mass is 10.2. The van der Waals surface area contributed by atoms with E-state index in [0.717, 1.165) is 0 Å². The SMILES string of the molecule is O=C(O)c1cc(Cl)ccc1NCCOCCO. The fraction of sp³-hybridized carbons (Fsp3) is 0.364. The summed E-state index contributed by atoms with van der Waals surface area (Å²) < 4.78 is 5.04. The molecule has 5 nitrogen and oxygen atoms in total. The molecular weight excluding hydrogens is 246 g/mol. The van der Waals surface area contributed by atoms with Gasteiger partial charge in [-0.15, -0.1) is 0 Å². The lowest BCUT2D eigenvalue weighted by Gasteiger charge is -2.09. The van der Waals surface area contributed by atoms with Crippen LogP contribution < -0.4 is 5.32 Å². The van der Waals surface area contributed by atoms with E-state index in [4.69, 9.17) is 26.6 Å². The minimum Gasteiger partial charge on any atom is -0.478 e. The van der Waals surface area contributed by atoms with Gasteiger partial charge in [-0.3, -0.25) is 0 Å². The molecule has 1 aromatic rings. The Hall–Kier alpha value is -1.30. The minimum atomic E-state index is -1.04. The molecular formula is C11H14ClNO4. The van der Waals surface area contributed by atoms with Gasteiger partial charge in [0.15, 0.2) is 0 Å². The van der Waals surface area contributed by atoms with Crippen LogP contribution in [0.5, 0.6) is 0 Å². The average molecular weight is 260 g/mol. The number of rotatable bonds is 7. The lowest BCUT2D eigenvalue weighted by molar-refractivity contribution is 0.0697. The molecule has 94 valence electrons. The van der Waals surface area contributed by atoms with Crippen molar-refractivity contribution in [1.82, 2.24) is 0 Å². The van der Waals surface area contributed by atoms with Crippen LogP contribution in [0.1, 0.15) is 10.4 Å². The van der Waals surface area contributed by atoms with Gasteiger partial charge < -0.3 is 20.3 Å². The van der Waals surface area contributed by atoms with Crippen molar-refractivity contribution in [1.29, 1.82) is 0 Å². The largest absolute Gasteiger partial charge is 0.478 e. The van der Waals surface area contributed by atoms with Gasteiger partial charge in [0.2, 0.25) is 0 Å². The number of nitrogens with one attached hydrogen (secondary N) is 1. The van der Waals surface area contributed by atoms with E-state index in [2.05, 4.69) is 5.32 Å². The third-order valence-corrected chi connectivity index (χ3v) is 2.24. The zero-order valence-electron chi connectivity index (χ0n) is 9.15. The second kappa shape index (κ2) is 7.11. The molecule has 3 N–H and O–H groups in total. The van der Waals surface area contributed by atoms with Crippen LogP contribution in [0.25, 0.3) is 0 Å². The first-order valence-electron chi connectivity index (χ1n) is 5.10. The van der Waals surface area contributed by atoms with E-state index in [9.17, 15) is 4.79 Å². The van der Waals surface area contributed by atoms with Gasteiger partial charge in [0.25, 0.3) is 0 Å². The summed E-state index contributed by atoms with van der Waals surface area (Å²) in [7, 11) is 0. The molecule has 17 heavy (non-hydrogen) atoms. The maximum atomic E-state index is 10.9. The zero-order valence-corrected chi connectivity index (χ0v) is 9.91. The molecule has 0 radical (unpaired) electrons. The molecule has 6 heteroatoms. The van der Waals surface area contributed by atoms with Crippen molar-refractivity contribution in [2.75, 3.05) is 31.7 Å². The van der Waals surface area contributed by atoms with Gasteiger partial charge in [-0.1, -0.05) is 11.6 Å². The van der Waals surface area contributed by atoms with Crippen molar-refractivity contribution in [2.45, 2.75) is 0 Å². The molecule has 0 fully saturated rings. The van der Waals surface area contributed by atoms with Crippen LogP contribution in [0, 0.1) is 0 Å². The van der Waals surface area contributed by atoms with E-state index < -0.39 is 5.97 Å². The first-order valence-corrected chi connectivity index (χ1v) is 5.48. The summed E-state index contributed by atoms with van der Waals surface area (Å²) in [6, 6.07) is 4.61. The number of aliphatic hydroxyl groups excluding tert-OH is 1. The minimum absolute atomic E-state index is 0.0265. The second-order valence-electron chi connectivity index (χ2n) is 3.26. The first kappa shape index (κ1) is 13.8. The number of ether oxygens (including phenoxy) is 1. The van der Waals surface area contributed by atoms with Crippen molar-refractivity contribution < 1.29 is 19.7 Å². The van der Waals surface area contributed by atoms with Gasteiger partial charge in [0, 0.05) is 17.3 Å². The summed E-state index contributed by atoms with van der Waals surface area (Å²) in [5.74, 6) is -1.04. The molecule has 0 bridgehead atoms. The standard InChI is InChI=1S/C11H14ClNO4/c12-8-1-2-10(9(7-8)11(15)16)13-3-5-17-6-4-14/h1-2,7,13-14H,3-6H2,(H,15,16). The first-order chi connectivity index (χ1) is 8.15. The summed E-state index contributed by atoms with van der Waals surface area (Å²) in [6.07, 6.45) is 0. The Kier molecular flexibility index (Phi) is 5.76. The third kappa shape index (κ3) is 4.60. The molecule has 0 spiro atoms. The maximum Gasteiger partial charge on any atom is 0.337 e. The molecule has 0 aliphatic rings. The lowest BCUT2D eigenvalue weighted by Crippen LogP contribution is -2.13. The molecule has 0 atom stereocenters. The van der Waals surface area contributed by atoms with E-state index in [-0.39, 0.29) is 18.8 Å². The number of carbonyl (C=O) groups is 1. The van der Waals surface area contributed by atoms with Crippen LogP contribution in [0.15, 0.2) is 18.2 Å². The van der Waals surface area contributed by atoms with Crippen molar-refractivity contribution >= 4 is 23.3 Å². The van der Waals surface area contributed by atoms with Crippen LogP contribution in [0.4, 0.5) is 5.69 Å². The third-order valence-electron chi connectivity index (χ3n) is 2.01. The summed E-state index contributed by atoms with van der Waals surface area (Å²) in [5.41, 5.74) is 0.620. The molecule has 1 rings (SSSR count). The normalized spacial score (nSPS) is 10.2. The smallest absolute Gasteiger partial charge is 0.337 e. The number of aromatic carboxylic acids is 1. The van der Waals surface area contributed by atoms with Crippen LogP contribution >= 0.6 is 11.6 Å². The van der Waals surface area contributed by atoms with E-state index in [0.29, 0.717) is 23.9 Å². The van der Waals surface area contributed by atoms with E-state index >= 15 is 0 Å². The Morgan fingerprint density at radius 2 is 2.18 bits per heavy atom. The molecule has 0 aliphatic carbocycles. The number of hydrogen-bond acceptors (Lipinski definition) is 4. The Labute approximate surface area is 104 Å². The number of hydrogen-bond donors (Lipinski definition) is 3. The molecule has 0 saturated carbocycles. The quantitative estimate of drug-likeness (QED) is 0.646. The van der Waals surface area contributed by atoms with Gasteiger partial charge in [0.1, 0.15) is 0 Å². The number of carboxylic acids is 1. The topological polar surface area (TPSA) is 78.8 Å². The number of anilines is 1. The summed E-state index contributed by atoms with van der Waals surface area (Å²) in [5, 5.41) is 20.8. The van der Waals surface area contributed by atoms with Gasteiger partial charge in [0.05, 0.1) is 25.4 Å².